The number of benzene rings is 12. The van der Waals surface area contributed by atoms with E-state index in [0.29, 0.717) is 0 Å². The van der Waals surface area contributed by atoms with E-state index in [0.717, 1.165) is 138 Å². The number of rotatable bonds is 10. The Morgan fingerprint density at radius 3 is 0.906 bits per heavy atom. The van der Waals surface area contributed by atoms with Gasteiger partial charge in [-0.25, -0.2) is 19.9 Å². The van der Waals surface area contributed by atoms with Gasteiger partial charge in [-0.15, -0.1) is 0 Å². The Labute approximate surface area is 588 Å². The smallest absolute Gasteiger partial charge is 0.399 e. The Morgan fingerprint density at radius 1 is 0.302 bits per heavy atom. The highest BCUT2D eigenvalue weighted by Gasteiger charge is 2.52. The van der Waals surface area contributed by atoms with Gasteiger partial charge in [-0.2, -0.15) is 0 Å². The van der Waals surface area contributed by atoms with Crippen molar-refractivity contribution in [3.63, 3.8) is 0 Å². The molecule has 1 fully saturated rings. The molecular formula is C82H62BBr2IN8O2. The minimum Gasteiger partial charge on any atom is -0.399 e. The third-order valence-corrected chi connectivity index (χ3v) is 19.3. The van der Waals surface area contributed by atoms with Crippen LogP contribution in [0.1, 0.15) is 27.7 Å². The summed E-state index contributed by atoms with van der Waals surface area (Å²) in [6, 6.07) is 105. The van der Waals surface area contributed by atoms with Crippen LogP contribution in [0.15, 0.2) is 312 Å². The lowest BCUT2D eigenvalue weighted by Crippen LogP contribution is -2.41. The number of hydrogen-bond acceptors (Lipinski definition) is 6. The number of hydrogen-bond donors (Lipinski definition) is 0. The largest absolute Gasteiger partial charge is 0.494 e. The molecular weight excluding hydrogens is 1430 g/mol. The molecule has 0 N–H and O–H groups in total. The predicted molar refractivity (Wildman–Crippen MR) is 409 cm³/mol. The normalized spacial score (nSPS) is 13.2. The van der Waals surface area contributed by atoms with E-state index in [-0.39, 0.29) is 0 Å². The molecule has 10 nitrogen and oxygen atoms in total. The van der Waals surface area contributed by atoms with E-state index < -0.39 is 18.3 Å². The van der Waals surface area contributed by atoms with Crippen LogP contribution < -0.4 is 5.46 Å². The summed E-state index contributed by atoms with van der Waals surface area (Å²) in [5.74, 6) is 3.44. The van der Waals surface area contributed by atoms with E-state index in [2.05, 4.69) is 343 Å². The molecule has 1 saturated heterocycles. The first-order valence-electron chi connectivity index (χ1n) is 31.8. The highest BCUT2D eigenvalue weighted by atomic mass is 127. The van der Waals surface area contributed by atoms with E-state index in [4.69, 9.17) is 29.2 Å². The van der Waals surface area contributed by atoms with Gasteiger partial charge >= 0.3 is 7.12 Å². The average Bonchev–Trinajstić information content (AvgIpc) is 1.60. The Morgan fingerprint density at radius 2 is 0.594 bits per heavy atom. The summed E-state index contributed by atoms with van der Waals surface area (Å²) in [7, 11) is -0.558. The van der Waals surface area contributed by atoms with Crippen LogP contribution in [0.2, 0.25) is 0 Å². The molecule has 16 aromatic rings. The Balaban J connectivity index is 0.000000141. The predicted octanol–water partition coefficient (Wildman–Crippen LogP) is 21.2. The van der Waals surface area contributed by atoms with Crippen molar-refractivity contribution in [2.24, 2.45) is 0 Å². The molecule has 17 rings (SSSR count). The molecule has 0 radical (unpaired) electrons. The van der Waals surface area contributed by atoms with Crippen LogP contribution in [-0.4, -0.2) is 56.5 Å². The van der Waals surface area contributed by atoms with Gasteiger partial charge in [0.1, 0.15) is 23.3 Å². The number of imidazole rings is 4. The van der Waals surface area contributed by atoms with Crippen LogP contribution in [0.4, 0.5) is 0 Å². The van der Waals surface area contributed by atoms with Crippen LogP contribution in [0.25, 0.3) is 124 Å². The van der Waals surface area contributed by atoms with E-state index in [1.54, 1.807) is 0 Å². The van der Waals surface area contributed by atoms with Gasteiger partial charge < -0.3 is 9.31 Å². The van der Waals surface area contributed by atoms with E-state index >= 15 is 0 Å². The van der Waals surface area contributed by atoms with Gasteiger partial charge in [0.2, 0.25) is 0 Å². The van der Waals surface area contributed by atoms with E-state index in [1.165, 1.54) is 3.57 Å². The first-order valence-corrected chi connectivity index (χ1v) is 34.4. The molecule has 1 aliphatic heterocycles. The minimum atomic E-state index is -0.558. The molecule has 0 bridgehead atoms. The van der Waals surface area contributed by atoms with Crippen molar-refractivity contribution in [3.05, 3.63) is 316 Å². The van der Waals surface area contributed by atoms with Gasteiger partial charge in [0.15, 0.2) is 0 Å². The zero-order chi connectivity index (χ0) is 65.5. The highest BCUT2D eigenvalue weighted by Crippen LogP contribution is 2.41. The average molecular weight is 1490 g/mol. The fourth-order valence-electron chi connectivity index (χ4n) is 12.4. The van der Waals surface area contributed by atoms with Crippen molar-refractivity contribution >= 4 is 111 Å². The summed E-state index contributed by atoms with van der Waals surface area (Å²) in [5.41, 5.74) is 18.3. The zero-order valence-electron chi connectivity index (χ0n) is 53.0. The summed E-state index contributed by atoms with van der Waals surface area (Å²) in [5, 5.41) is 0. The Bertz CT molecular complexity index is 5200. The fraction of sp³-hybridized carbons (Fsp3) is 0.0732. The van der Waals surface area contributed by atoms with Gasteiger partial charge in [-0.1, -0.05) is 184 Å². The van der Waals surface area contributed by atoms with Gasteiger partial charge in [-0.05, 0) is 219 Å². The van der Waals surface area contributed by atoms with Crippen molar-refractivity contribution in [2.45, 2.75) is 38.9 Å². The number of nitrogens with zero attached hydrogens (tertiary/aromatic N) is 8. The van der Waals surface area contributed by atoms with Crippen molar-refractivity contribution in [1.82, 2.24) is 38.2 Å². The SMILES string of the molecule is Brc1cccc(-c2cc(-c3nc4ccccc4n3-c3ccccc3)cc(-c3nc4ccccc4n3-c3ccccc3)c2)c1.Brc1cccc(I)c1.CC1(C)OB(c2cc(-c3nc4ccccc4n3-c3ccccc3)cc(-c3nc4ccccc4n3-c3ccccc3)c2)OC1(C)C. The quantitative estimate of drug-likeness (QED) is 0.100. The second kappa shape index (κ2) is 26.4. The molecule has 14 heteroatoms. The number of fused-ring (bicyclic) bond motifs is 4. The molecule has 4 aromatic heterocycles. The Hall–Kier alpha value is -9.81. The second-order valence-electron chi connectivity index (χ2n) is 24.6. The molecule has 0 unspecified atom stereocenters. The van der Waals surface area contributed by atoms with Gasteiger partial charge in [0.25, 0.3) is 0 Å². The minimum absolute atomic E-state index is 0.484. The highest BCUT2D eigenvalue weighted by molar-refractivity contribution is 14.1. The Kier molecular flexibility index (Phi) is 17.1. The van der Waals surface area contributed by atoms with Crippen molar-refractivity contribution < 1.29 is 9.31 Å². The monoisotopic (exact) mass is 1490 g/mol. The molecule has 1 aliphatic rings. The molecule has 466 valence electrons. The topological polar surface area (TPSA) is 89.7 Å². The van der Waals surface area contributed by atoms with E-state index in [9.17, 15) is 0 Å². The maximum atomic E-state index is 6.60. The van der Waals surface area contributed by atoms with Crippen LogP contribution >= 0.6 is 54.5 Å². The zero-order valence-corrected chi connectivity index (χ0v) is 58.3. The third-order valence-electron chi connectivity index (χ3n) is 17.7. The summed E-state index contributed by atoms with van der Waals surface area (Å²) in [4.78, 5) is 20.8. The van der Waals surface area contributed by atoms with Crippen LogP contribution in [0, 0.1) is 3.57 Å². The number of aromatic nitrogens is 8. The van der Waals surface area contributed by atoms with Crippen LogP contribution in [0.5, 0.6) is 0 Å². The molecule has 5 heterocycles. The molecule has 12 aromatic carbocycles. The van der Waals surface area contributed by atoms with Crippen molar-refractivity contribution in [2.75, 3.05) is 0 Å². The van der Waals surface area contributed by atoms with Gasteiger partial charge in [0, 0.05) is 57.5 Å². The van der Waals surface area contributed by atoms with Gasteiger partial charge in [0.05, 0.1) is 55.3 Å². The lowest BCUT2D eigenvalue weighted by molar-refractivity contribution is 0.00578. The fourth-order valence-corrected chi connectivity index (χ4v) is 14.2. The molecule has 0 amide bonds. The summed E-state index contributed by atoms with van der Waals surface area (Å²) < 4.78 is 25.6. The third kappa shape index (κ3) is 12.4. The summed E-state index contributed by atoms with van der Waals surface area (Å²) in [6.07, 6.45) is 0. The first-order chi connectivity index (χ1) is 46.8. The number of para-hydroxylation sites is 12. The maximum absolute atomic E-state index is 6.60. The van der Waals surface area contributed by atoms with Crippen LogP contribution in [0.3, 0.4) is 0 Å². The molecule has 0 atom stereocenters. The second-order valence-corrected chi connectivity index (χ2v) is 27.6. The first kappa shape index (κ1) is 62.3. The van der Waals surface area contributed by atoms with Crippen LogP contribution in [-0.2, 0) is 9.31 Å². The van der Waals surface area contributed by atoms with Crippen molar-refractivity contribution in [1.29, 1.82) is 0 Å². The maximum Gasteiger partial charge on any atom is 0.494 e. The standard InChI is InChI=1S/C38H33BN4O2.C38H25BrN4.C6H4BrI/c1-37(2)38(3,4)45-39(44-37)28-24-26(35-40-31-19-11-13-21-33(31)42(35)29-15-7-5-8-16-29)23-27(25-28)36-41-32-20-12-14-22-34(32)43(36)30-17-9-6-10-18-30;39-30-13-11-12-26(25-30)27-22-28(37-40-33-18-7-9-20-35(33)42(37)31-14-3-1-4-15-31)24-29(23-27)38-41-34-19-8-10-21-36(34)43(38)32-16-5-2-6-17-32;7-5-2-1-3-6(8)4-5/h5-25H,1-4H3;1-25H;1-4H. The lowest BCUT2D eigenvalue weighted by atomic mass is 9.77. The molecule has 0 spiro atoms. The molecule has 0 aliphatic carbocycles. The summed E-state index contributed by atoms with van der Waals surface area (Å²) >= 11 is 9.32. The number of halogens is 3. The molecule has 0 saturated carbocycles. The van der Waals surface area contributed by atoms with E-state index in [1.807, 2.05) is 60.7 Å². The van der Waals surface area contributed by atoms with Crippen molar-refractivity contribution in [3.8, 4) is 79.4 Å². The lowest BCUT2D eigenvalue weighted by Gasteiger charge is -2.32. The summed E-state index contributed by atoms with van der Waals surface area (Å²) in [6.45, 7) is 8.34. The molecule has 96 heavy (non-hydrogen) atoms. The van der Waals surface area contributed by atoms with Gasteiger partial charge in [-0.3, -0.25) is 18.3 Å².